The zero-order valence-corrected chi connectivity index (χ0v) is 16.2. The predicted molar refractivity (Wildman–Crippen MR) is 110 cm³/mol. The molecule has 2 aromatic carbocycles. The van der Waals surface area contributed by atoms with Gasteiger partial charge >= 0.3 is 0 Å². The fraction of sp³-hybridized carbons (Fsp3) is 0.0952. The minimum atomic E-state index is -0.276. The number of anilines is 1. The SMILES string of the molecule is COc1ccc(C)cc1NC(=O)c1csc(-c2cnn(-c3ccccc3)c2)n1. The molecule has 0 bridgehead atoms. The third-order valence-corrected chi connectivity index (χ3v) is 5.08. The molecule has 0 saturated carbocycles. The molecule has 0 radical (unpaired) electrons. The number of aromatic nitrogens is 3. The van der Waals surface area contributed by atoms with Gasteiger partial charge in [-0.05, 0) is 36.8 Å². The molecular formula is C21H18N4O2S. The Morgan fingerprint density at radius 2 is 2.00 bits per heavy atom. The summed E-state index contributed by atoms with van der Waals surface area (Å²) in [5, 5.41) is 9.74. The van der Waals surface area contributed by atoms with Crippen molar-refractivity contribution in [3.05, 3.63) is 77.6 Å². The minimum absolute atomic E-state index is 0.276. The summed E-state index contributed by atoms with van der Waals surface area (Å²) < 4.78 is 7.10. The van der Waals surface area contributed by atoms with E-state index in [-0.39, 0.29) is 5.91 Å². The first-order valence-electron chi connectivity index (χ1n) is 8.66. The van der Waals surface area contributed by atoms with E-state index in [4.69, 9.17) is 4.74 Å². The largest absolute Gasteiger partial charge is 0.495 e. The number of aryl methyl sites for hydroxylation is 1. The Labute approximate surface area is 166 Å². The van der Waals surface area contributed by atoms with E-state index in [1.54, 1.807) is 23.4 Å². The van der Waals surface area contributed by atoms with Gasteiger partial charge in [0.2, 0.25) is 0 Å². The standard InChI is InChI=1S/C21H18N4O2S/c1-14-8-9-19(27-2)17(10-14)23-20(26)18-13-28-21(24-18)15-11-22-25(12-15)16-6-4-3-5-7-16/h3-13H,1-2H3,(H,23,26). The number of hydrogen-bond donors (Lipinski definition) is 1. The molecule has 2 aromatic heterocycles. The van der Waals surface area contributed by atoms with Crippen molar-refractivity contribution in [2.75, 3.05) is 12.4 Å². The van der Waals surface area contributed by atoms with Gasteiger partial charge in [0.25, 0.3) is 5.91 Å². The number of rotatable bonds is 5. The van der Waals surface area contributed by atoms with Gasteiger partial charge in [0.05, 0.1) is 24.7 Å². The summed E-state index contributed by atoms with van der Waals surface area (Å²) in [6.45, 7) is 1.96. The second-order valence-corrected chi connectivity index (χ2v) is 7.06. The monoisotopic (exact) mass is 390 g/mol. The zero-order valence-electron chi connectivity index (χ0n) is 15.4. The van der Waals surface area contributed by atoms with Gasteiger partial charge in [0, 0.05) is 17.1 Å². The highest BCUT2D eigenvalue weighted by Gasteiger charge is 2.15. The highest BCUT2D eigenvalue weighted by molar-refractivity contribution is 7.13. The summed E-state index contributed by atoms with van der Waals surface area (Å²) in [7, 11) is 1.58. The lowest BCUT2D eigenvalue weighted by molar-refractivity contribution is 0.102. The molecule has 0 aliphatic carbocycles. The molecule has 0 aliphatic rings. The van der Waals surface area contributed by atoms with Gasteiger partial charge in [-0.3, -0.25) is 4.79 Å². The summed E-state index contributed by atoms with van der Waals surface area (Å²) in [6, 6.07) is 15.5. The van der Waals surface area contributed by atoms with Crippen molar-refractivity contribution >= 4 is 22.9 Å². The second kappa shape index (κ2) is 7.66. The van der Waals surface area contributed by atoms with E-state index in [0.29, 0.717) is 17.1 Å². The van der Waals surface area contributed by atoms with Crippen molar-refractivity contribution in [2.24, 2.45) is 0 Å². The molecule has 0 unspecified atom stereocenters. The molecule has 0 fully saturated rings. The van der Waals surface area contributed by atoms with E-state index >= 15 is 0 Å². The van der Waals surface area contributed by atoms with Crippen molar-refractivity contribution in [1.29, 1.82) is 0 Å². The number of thiazole rings is 1. The summed E-state index contributed by atoms with van der Waals surface area (Å²) in [5.74, 6) is 0.334. The van der Waals surface area contributed by atoms with Gasteiger partial charge < -0.3 is 10.1 Å². The highest BCUT2D eigenvalue weighted by atomic mass is 32.1. The van der Waals surface area contributed by atoms with Crippen molar-refractivity contribution in [2.45, 2.75) is 6.92 Å². The zero-order chi connectivity index (χ0) is 19.5. The van der Waals surface area contributed by atoms with Crippen molar-refractivity contribution < 1.29 is 9.53 Å². The predicted octanol–water partition coefficient (Wildman–Crippen LogP) is 4.57. The fourth-order valence-corrected chi connectivity index (χ4v) is 3.55. The molecule has 140 valence electrons. The number of carbonyl (C=O) groups excluding carboxylic acids is 1. The van der Waals surface area contributed by atoms with Crippen LogP contribution >= 0.6 is 11.3 Å². The molecule has 0 aliphatic heterocycles. The van der Waals surface area contributed by atoms with Gasteiger partial charge in [-0.2, -0.15) is 5.10 Å². The average Bonchev–Trinajstić information content (AvgIpc) is 3.38. The van der Waals surface area contributed by atoms with Crippen molar-refractivity contribution in [3.8, 4) is 22.0 Å². The van der Waals surface area contributed by atoms with E-state index in [2.05, 4.69) is 15.4 Å². The average molecular weight is 390 g/mol. The van der Waals surface area contributed by atoms with Crippen LogP contribution in [0.5, 0.6) is 5.75 Å². The number of hydrogen-bond acceptors (Lipinski definition) is 5. The molecule has 0 atom stereocenters. The lowest BCUT2D eigenvalue weighted by Gasteiger charge is -2.10. The maximum absolute atomic E-state index is 12.6. The normalized spacial score (nSPS) is 10.6. The van der Waals surface area contributed by atoms with Crippen LogP contribution in [0.15, 0.2) is 66.3 Å². The Balaban J connectivity index is 1.54. The molecule has 1 N–H and O–H groups in total. The van der Waals surface area contributed by atoms with Gasteiger partial charge in [0.1, 0.15) is 16.5 Å². The van der Waals surface area contributed by atoms with Crippen molar-refractivity contribution in [3.63, 3.8) is 0 Å². The quantitative estimate of drug-likeness (QED) is 0.542. The maximum atomic E-state index is 12.6. The number of carbonyl (C=O) groups is 1. The molecule has 0 spiro atoms. The highest BCUT2D eigenvalue weighted by Crippen LogP contribution is 2.27. The van der Waals surface area contributed by atoms with E-state index in [9.17, 15) is 4.79 Å². The molecule has 28 heavy (non-hydrogen) atoms. The van der Waals surface area contributed by atoms with Crippen LogP contribution in [0.3, 0.4) is 0 Å². The molecule has 0 saturated heterocycles. The first-order valence-corrected chi connectivity index (χ1v) is 9.54. The number of nitrogens with one attached hydrogen (secondary N) is 1. The van der Waals surface area contributed by atoms with Crippen LogP contribution in [-0.4, -0.2) is 27.8 Å². The first kappa shape index (κ1) is 17.9. The lowest BCUT2D eigenvalue weighted by atomic mass is 10.2. The van der Waals surface area contributed by atoms with Gasteiger partial charge in [-0.15, -0.1) is 11.3 Å². The van der Waals surface area contributed by atoms with E-state index in [1.807, 2.05) is 61.7 Å². The number of para-hydroxylation sites is 1. The third-order valence-electron chi connectivity index (χ3n) is 4.19. The Morgan fingerprint density at radius 1 is 1.18 bits per heavy atom. The smallest absolute Gasteiger partial charge is 0.275 e. The Kier molecular flexibility index (Phi) is 4.90. The molecule has 2 heterocycles. The molecule has 1 amide bonds. The van der Waals surface area contributed by atoms with E-state index < -0.39 is 0 Å². The third kappa shape index (κ3) is 3.65. The van der Waals surface area contributed by atoms with Gasteiger partial charge in [-0.25, -0.2) is 9.67 Å². The number of amides is 1. The van der Waals surface area contributed by atoms with Crippen LogP contribution in [0, 0.1) is 6.92 Å². The van der Waals surface area contributed by atoms with Crippen LogP contribution in [-0.2, 0) is 0 Å². The number of methoxy groups -OCH3 is 1. The van der Waals surface area contributed by atoms with Gasteiger partial charge in [-0.1, -0.05) is 24.3 Å². The second-order valence-electron chi connectivity index (χ2n) is 6.20. The summed E-state index contributed by atoms with van der Waals surface area (Å²) >= 11 is 1.41. The molecular weight excluding hydrogens is 372 g/mol. The molecule has 4 rings (SSSR count). The summed E-state index contributed by atoms with van der Waals surface area (Å²) in [4.78, 5) is 17.1. The Bertz CT molecular complexity index is 1120. The lowest BCUT2D eigenvalue weighted by Crippen LogP contribution is -2.13. The minimum Gasteiger partial charge on any atom is -0.495 e. The van der Waals surface area contributed by atoms with Gasteiger partial charge in [0.15, 0.2) is 0 Å². The summed E-state index contributed by atoms with van der Waals surface area (Å²) in [6.07, 6.45) is 3.65. The van der Waals surface area contributed by atoms with E-state index in [0.717, 1.165) is 21.8 Å². The van der Waals surface area contributed by atoms with Crippen molar-refractivity contribution in [1.82, 2.24) is 14.8 Å². The molecule has 7 heteroatoms. The molecule has 4 aromatic rings. The Hall–Kier alpha value is -3.45. The van der Waals surface area contributed by atoms with Crippen LogP contribution in [0.2, 0.25) is 0 Å². The first-order chi connectivity index (χ1) is 13.6. The molecule has 6 nitrogen and oxygen atoms in total. The summed E-state index contributed by atoms with van der Waals surface area (Å²) in [5.41, 5.74) is 3.84. The Morgan fingerprint density at radius 3 is 2.79 bits per heavy atom. The maximum Gasteiger partial charge on any atom is 0.275 e. The van der Waals surface area contributed by atoms with Crippen LogP contribution < -0.4 is 10.1 Å². The topological polar surface area (TPSA) is 69.0 Å². The number of benzene rings is 2. The van der Waals surface area contributed by atoms with E-state index in [1.165, 1.54) is 11.3 Å². The number of ether oxygens (including phenoxy) is 1. The fourth-order valence-electron chi connectivity index (χ4n) is 2.77. The van der Waals surface area contributed by atoms with Crippen LogP contribution in [0.1, 0.15) is 16.1 Å². The van der Waals surface area contributed by atoms with Crippen LogP contribution in [0.4, 0.5) is 5.69 Å². The number of nitrogens with zero attached hydrogens (tertiary/aromatic N) is 3. The van der Waals surface area contributed by atoms with Crippen LogP contribution in [0.25, 0.3) is 16.3 Å².